The number of hydrogen-bond donors (Lipinski definition) is 0. The minimum absolute atomic E-state index is 0.633. The van der Waals surface area contributed by atoms with E-state index in [0.717, 1.165) is 42.4 Å². The largest absolute Gasteiger partial charge is 0.399 e. The standard InChI is InChI=1S/C21H25ClN2O/c1-25-23-21(18-9-11-20(22)12-10-18)13-15-24-14-5-8-19(16-24)17-6-3-2-4-7-17/h2-4,6-7,9-12,19H,5,8,13-16H2,1H3. The van der Waals surface area contributed by atoms with Crippen LogP contribution >= 0.6 is 11.6 Å². The summed E-state index contributed by atoms with van der Waals surface area (Å²) >= 11 is 5.99. The second-order valence-corrected chi connectivity index (χ2v) is 6.96. The van der Waals surface area contributed by atoms with Crippen LogP contribution in [0.3, 0.4) is 0 Å². The first kappa shape index (κ1) is 18.0. The highest BCUT2D eigenvalue weighted by molar-refractivity contribution is 6.30. The fraction of sp³-hybridized carbons (Fsp3) is 0.381. The van der Waals surface area contributed by atoms with Gasteiger partial charge in [0.15, 0.2) is 0 Å². The molecule has 0 aromatic heterocycles. The molecule has 3 rings (SSSR count). The van der Waals surface area contributed by atoms with Crippen LogP contribution in [0.5, 0.6) is 0 Å². The Balaban J connectivity index is 1.61. The monoisotopic (exact) mass is 356 g/mol. The molecule has 1 aliphatic rings. The Labute approximate surface area is 155 Å². The minimum atomic E-state index is 0.633. The number of halogens is 1. The van der Waals surface area contributed by atoms with Gasteiger partial charge >= 0.3 is 0 Å². The van der Waals surface area contributed by atoms with E-state index in [1.54, 1.807) is 7.11 Å². The Morgan fingerprint density at radius 3 is 2.64 bits per heavy atom. The summed E-state index contributed by atoms with van der Waals surface area (Å²) in [6.07, 6.45) is 3.39. The van der Waals surface area contributed by atoms with Crippen LogP contribution in [0, 0.1) is 0 Å². The molecule has 3 nitrogen and oxygen atoms in total. The highest BCUT2D eigenvalue weighted by Gasteiger charge is 2.21. The third kappa shape index (κ3) is 5.07. The lowest BCUT2D eigenvalue weighted by Crippen LogP contribution is -2.35. The summed E-state index contributed by atoms with van der Waals surface area (Å²) in [5.74, 6) is 0.633. The number of rotatable bonds is 6. The van der Waals surface area contributed by atoms with Gasteiger partial charge in [-0.3, -0.25) is 0 Å². The quantitative estimate of drug-likeness (QED) is 0.539. The van der Waals surface area contributed by atoms with Gasteiger partial charge in [0.1, 0.15) is 7.11 Å². The maximum atomic E-state index is 5.99. The average molecular weight is 357 g/mol. The first-order valence-corrected chi connectivity index (χ1v) is 9.27. The molecule has 2 aromatic rings. The minimum Gasteiger partial charge on any atom is -0.399 e. The summed E-state index contributed by atoms with van der Waals surface area (Å²) in [6, 6.07) is 18.7. The lowest BCUT2D eigenvalue weighted by Gasteiger charge is -2.33. The summed E-state index contributed by atoms with van der Waals surface area (Å²) in [5, 5.41) is 4.97. The first-order valence-electron chi connectivity index (χ1n) is 8.89. The van der Waals surface area contributed by atoms with Gasteiger partial charge < -0.3 is 9.74 Å². The van der Waals surface area contributed by atoms with Crippen molar-refractivity contribution in [2.75, 3.05) is 26.7 Å². The molecule has 0 N–H and O–H groups in total. The summed E-state index contributed by atoms with van der Waals surface area (Å²) in [5.41, 5.74) is 3.50. The van der Waals surface area contributed by atoms with Crippen molar-refractivity contribution in [1.29, 1.82) is 0 Å². The van der Waals surface area contributed by atoms with Gasteiger partial charge in [-0.15, -0.1) is 0 Å². The van der Waals surface area contributed by atoms with Crippen molar-refractivity contribution in [3.63, 3.8) is 0 Å². The lowest BCUT2D eigenvalue weighted by molar-refractivity contribution is 0.204. The molecule has 1 fully saturated rings. The Kier molecular flexibility index (Phi) is 6.48. The van der Waals surface area contributed by atoms with Gasteiger partial charge in [0.25, 0.3) is 0 Å². The van der Waals surface area contributed by atoms with Gasteiger partial charge in [-0.25, -0.2) is 0 Å². The van der Waals surface area contributed by atoms with Crippen LogP contribution in [0.15, 0.2) is 59.8 Å². The fourth-order valence-corrected chi connectivity index (χ4v) is 3.64. The van der Waals surface area contributed by atoms with E-state index in [9.17, 15) is 0 Å². The zero-order chi connectivity index (χ0) is 17.5. The van der Waals surface area contributed by atoms with Crippen LogP contribution in [-0.2, 0) is 4.84 Å². The summed E-state index contributed by atoms with van der Waals surface area (Å²) in [7, 11) is 1.60. The Morgan fingerprint density at radius 1 is 1.16 bits per heavy atom. The Bertz CT molecular complexity index is 685. The predicted molar refractivity (Wildman–Crippen MR) is 104 cm³/mol. The van der Waals surface area contributed by atoms with Crippen molar-refractivity contribution in [3.8, 4) is 0 Å². The highest BCUT2D eigenvalue weighted by atomic mass is 35.5. The molecule has 0 spiro atoms. The van der Waals surface area contributed by atoms with E-state index in [1.807, 2.05) is 24.3 Å². The third-order valence-corrected chi connectivity index (χ3v) is 5.07. The topological polar surface area (TPSA) is 24.8 Å². The molecule has 0 radical (unpaired) electrons. The number of hydrogen-bond acceptors (Lipinski definition) is 3. The smallest absolute Gasteiger partial charge is 0.106 e. The van der Waals surface area contributed by atoms with Crippen molar-refractivity contribution < 1.29 is 4.84 Å². The predicted octanol–water partition coefficient (Wildman–Crippen LogP) is 4.96. The van der Waals surface area contributed by atoms with Crippen LogP contribution in [-0.4, -0.2) is 37.4 Å². The van der Waals surface area contributed by atoms with Crippen LogP contribution in [0.25, 0.3) is 0 Å². The number of likely N-dealkylation sites (tertiary alicyclic amines) is 1. The van der Waals surface area contributed by atoms with Gasteiger partial charge in [0.05, 0.1) is 5.71 Å². The van der Waals surface area contributed by atoms with Crippen molar-refractivity contribution in [2.45, 2.75) is 25.2 Å². The van der Waals surface area contributed by atoms with E-state index in [0.29, 0.717) is 5.92 Å². The van der Waals surface area contributed by atoms with Gasteiger partial charge in [-0.1, -0.05) is 59.2 Å². The van der Waals surface area contributed by atoms with Gasteiger partial charge in [-0.2, -0.15) is 0 Å². The van der Waals surface area contributed by atoms with Crippen molar-refractivity contribution in [1.82, 2.24) is 4.90 Å². The molecule has 2 aromatic carbocycles. The molecule has 25 heavy (non-hydrogen) atoms. The fourth-order valence-electron chi connectivity index (χ4n) is 3.52. The van der Waals surface area contributed by atoms with E-state index in [-0.39, 0.29) is 0 Å². The molecular formula is C21H25ClN2O. The molecule has 1 heterocycles. The molecule has 132 valence electrons. The zero-order valence-electron chi connectivity index (χ0n) is 14.7. The molecule has 0 saturated carbocycles. The molecule has 4 heteroatoms. The molecule has 1 atom stereocenters. The average Bonchev–Trinajstić information content (AvgIpc) is 2.67. The Morgan fingerprint density at radius 2 is 1.92 bits per heavy atom. The molecule has 1 saturated heterocycles. The molecule has 1 unspecified atom stereocenters. The van der Waals surface area contributed by atoms with E-state index in [4.69, 9.17) is 16.4 Å². The van der Waals surface area contributed by atoms with E-state index in [2.05, 4.69) is 40.4 Å². The molecular weight excluding hydrogens is 332 g/mol. The molecule has 1 aliphatic heterocycles. The van der Waals surface area contributed by atoms with Gasteiger partial charge in [-0.05, 0) is 48.6 Å². The third-order valence-electron chi connectivity index (χ3n) is 4.82. The van der Waals surface area contributed by atoms with Crippen molar-refractivity contribution in [2.24, 2.45) is 5.16 Å². The van der Waals surface area contributed by atoms with Gasteiger partial charge in [0.2, 0.25) is 0 Å². The first-order chi connectivity index (χ1) is 12.3. The van der Waals surface area contributed by atoms with Crippen LogP contribution < -0.4 is 0 Å². The maximum Gasteiger partial charge on any atom is 0.106 e. The number of piperidine rings is 1. The van der Waals surface area contributed by atoms with Crippen molar-refractivity contribution >= 4 is 17.3 Å². The second-order valence-electron chi connectivity index (χ2n) is 6.53. The summed E-state index contributed by atoms with van der Waals surface area (Å²) in [6.45, 7) is 3.27. The van der Waals surface area contributed by atoms with Crippen LogP contribution in [0.1, 0.15) is 36.3 Å². The van der Waals surface area contributed by atoms with E-state index < -0.39 is 0 Å². The van der Waals surface area contributed by atoms with Gasteiger partial charge in [0, 0.05) is 24.5 Å². The van der Waals surface area contributed by atoms with Crippen molar-refractivity contribution in [3.05, 3.63) is 70.7 Å². The summed E-state index contributed by atoms with van der Waals surface area (Å²) in [4.78, 5) is 7.60. The zero-order valence-corrected chi connectivity index (χ0v) is 15.5. The molecule has 0 bridgehead atoms. The maximum absolute atomic E-state index is 5.99. The number of benzene rings is 2. The Hall–Kier alpha value is -1.84. The normalized spacial score (nSPS) is 19.0. The number of nitrogens with zero attached hydrogens (tertiary/aromatic N) is 2. The van der Waals surface area contributed by atoms with Crippen LogP contribution in [0.2, 0.25) is 5.02 Å². The van der Waals surface area contributed by atoms with Crippen LogP contribution in [0.4, 0.5) is 0 Å². The molecule has 0 amide bonds. The second kappa shape index (κ2) is 9.02. The highest BCUT2D eigenvalue weighted by Crippen LogP contribution is 2.26. The summed E-state index contributed by atoms with van der Waals surface area (Å²) < 4.78 is 0. The molecule has 0 aliphatic carbocycles. The van der Waals surface area contributed by atoms with E-state index in [1.165, 1.54) is 18.4 Å². The lowest BCUT2D eigenvalue weighted by atomic mass is 9.90. The SMILES string of the molecule is CON=C(CCN1CCCC(c2ccccc2)C1)c1ccc(Cl)cc1. The number of oxime groups is 1. The van der Waals surface area contributed by atoms with E-state index >= 15 is 0 Å².